The number of rotatable bonds is 8. The first-order valence-electron chi connectivity index (χ1n) is 7.90. The second-order valence-electron chi connectivity index (χ2n) is 5.39. The fraction of sp³-hybridized carbons (Fsp3) is 0.667. The van der Waals surface area contributed by atoms with E-state index in [1.165, 1.54) is 51.4 Å². The Bertz CT molecular complexity index is 322. The summed E-state index contributed by atoms with van der Waals surface area (Å²) in [6, 6.07) is 4.97. The Labute approximate surface area is 114 Å². The second kappa shape index (κ2) is 8.34. The van der Waals surface area contributed by atoms with E-state index in [2.05, 4.69) is 39.8 Å². The van der Waals surface area contributed by atoms with Gasteiger partial charge in [0.2, 0.25) is 0 Å². The lowest BCUT2D eigenvalue weighted by Gasteiger charge is -2.16. The maximum Gasteiger partial charge on any atom is -0.0276 e. The molecular weight excluding hydrogens is 216 g/mol. The van der Waals surface area contributed by atoms with E-state index in [1.807, 2.05) is 0 Å². The van der Waals surface area contributed by atoms with E-state index < -0.39 is 0 Å². The molecule has 0 aliphatic carbocycles. The summed E-state index contributed by atoms with van der Waals surface area (Å²) in [5, 5.41) is 0. The molecule has 0 amide bonds. The zero-order valence-corrected chi connectivity index (χ0v) is 12.8. The Balaban J connectivity index is 3.15. The van der Waals surface area contributed by atoms with Gasteiger partial charge in [0, 0.05) is 0 Å². The monoisotopic (exact) mass is 246 g/mol. The molecule has 1 rings (SSSR count). The standard InChI is InChI=1S/C18H30/c1-5-9-15-13-16(10-6-2)18(12-8-4)17(14-15)11-7-3/h13-14H,5-12H2,1-4H3. The highest BCUT2D eigenvalue weighted by molar-refractivity contribution is 5.40. The quantitative estimate of drug-likeness (QED) is 0.568. The predicted molar refractivity (Wildman–Crippen MR) is 82.4 cm³/mol. The Kier molecular flexibility index (Phi) is 7.08. The van der Waals surface area contributed by atoms with Gasteiger partial charge >= 0.3 is 0 Å². The van der Waals surface area contributed by atoms with Crippen molar-refractivity contribution in [2.75, 3.05) is 0 Å². The predicted octanol–water partition coefficient (Wildman–Crippen LogP) is 5.50. The van der Waals surface area contributed by atoms with Gasteiger partial charge in [-0.05, 0) is 47.9 Å². The maximum atomic E-state index is 2.48. The van der Waals surface area contributed by atoms with Crippen LogP contribution in [-0.2, 0) is 25.7 Å². The minimum absolute atomic E-state index is 1.24. The summed E-state index contributed by atoms with van der Waals surface area (Å²) in [6.45, 7) is 9.16. The van der Waals surface area contributed by atoms with Crippen molar-refractivity contribution in [3.8, 4) is 0 Å². The van der Waals surface area contributed by atoms with Gasteiger partial charge in [-0.3, -0.25) is 0 Å². The minimum atomic E-state index is 1.24. The van der Waals surface area contributed by atoms with Crippen molar-refractivity contribution in [3.05, 3.63) is 34.4 Å². The third-order valence-corrected chi connectivity index (χ3v) is 3.57. The van der Waals surface area contributed by atoms with E-state index in [1.54, 1.807) is 22.3 Å². The summed E-state index contributed by atoms with van der Waals surface area (Å²) in [7, 11) is 0. The third kappa shape index (κ3) is 4.15. The van der Waals surface area contributed by atoms with Crippen molar-refractivity contribution in [2.45, 2.75) is 79.1 Å². The first-order valence-corrected chi connectivity index (χ1v) is 7.90. The average molecular weight is 246 g/mol. The largest absolute Gasteiger partial charge is 0.0651 e. The van der Waals surface area contributed by atoms with Crippen molar-refractivity contribution in [2.24, 2.45) is 0 Å². The molecule has 0 atom stereocenters. The fourth-order valence-electron chi connectivity index (χ4n) is 2.86. The SMILES string of the molecule is CCCc1cc(CCC)c(CCC)c(CCC)c1. The molecular formula is C18H30. The number of hydrogen-bond acceptors (Lipinski definition) is 0. The van der Waals surface area contributed by atoms with E-state index in [4.69, 9.17) is 0 Å². The van der Waals surface area contributed by atoms with Crippen LogP contribution < -0.4 is 0 Å². The van der Waals surface area contributed by atoms with Crippen molar-refractivity contribution >= 4 is 0 Å². The minimum Gasteiger partial charge on any atom is -0.0651 e. The highest BCUT2D eigenvalue weighted by atomic mass is 14.1. The molecule has 0 saturated heterocycles. The van der Waals surface area contributed by atoms with Gasteiger partial charge in [0.25, 0.3) is 0 Å². The van der Waals surface area contributed by atoms with Gasteiger partial charge in [-0.15, -0.1) is 0 Å². The summed E-state index contributed by atoms with van der Waals surface area (Å²) < 4.78 is 0. The van der Waals surface area contributed by atoms with Crippen molar-refractivity contribution in [1.29, 1.82) is 0 Å². The van der Waals surface area contributed by atoms with Crippen LogP contribution in [0, 0.1) is 0 Å². The number of benzene rings is 1. The zero-order valence-electron chi connectivity index (χ0n) is 12.8. The van der Waals surface area contributed by atoms with Crippen LogP contribution in [0.3, 0.4) is 0 Å². The van der Waals surface area contributed by atoms with Crippen LogP contribution in [0.2, 0.25) is 0 Å². The normalized spacial score (nSPS) is 10.9. The van der Waals surface area contributed by atoms with Gasteiger partial charge in [0.05, 0.1) is 0 Å². The summed E-state index contributed by atoms with van der Waals surface area (Å²) >= 11 is 0. The highest BCUT2D eigenvalue weighted by Gasteiger charge is 2.09. The van der Waals surface area contributed by atoms with Gasteiger partial charge in [-0.1, -0.05) is 65.5 Å². The molecule has 0 aliphatic rings. The first-order chi connectivity index (χ1) is 8.76. The van der Waals surface area contributed by atoms with Crippen molar-refractivity contribution in [3.63, 3.8) is 0 Å². The summed E-state index contributed by atoms with van der Waals surface area (Å²) in [5.74, 6) is 0. The molecule has 0 aliphatic heterocycles. The number of aryl methyl sites for hydroxylation is 3. The van der Waals surface area contributed by atoms with Crippen LogP contribution in [0.15, 0.2) is 12.1 Å². The molecule has 0 heterocycles. The van der Waals surface area contributed by atoms with E-state index in [9.17, 15) is 0 Å². The molecule has 0 aromatic heterocycles. The molecule has 0 radical (unpaired) electrons. The van der Waals surface area contributed by atoms with Crippen LogP contribution in [0.5, 0.6) is 0 Å². The Morgan fingerprint density at radius 2 is 1.06 bits per heavy atom. The lowest BCUT2D eigenvalue weighted by molar-refractivity contribution is 0.815. The Morgan fingerprint density at radius 1 is 0.611 bits per heavy atom. The number of hydrogen-bond donors (Lipinski definition) is 0. The van der Waals surface area contributed by atoms with Crippen LogP contribution in [-0.4, -0.2) is 0 Å². The topological polar surface area (TPSA) is 0 Å². The van der Waals surface area contributed by atoms with Gasteiger partial charge in [0.1, 0.15) is 0 Å². The van der Waals surface area contributed by atoms with Gasteiger partial charge in [0.15, 0.2) is 0 Å². The lowest BCUT2D eigenvalue weighted by atomic mass is 9.89. The van der Waals surface area contributed by atoms with Gasteiger partial charge in [-0.25, -0.2) is 0 Å². The third-order valence-electron chi connectivity index (χ3n) is 3.57. The smallest absolute Gasteiger partial charge is 0.0276 e. The summed E-state index contributed by atoms with van der Waals surface area (Å²) in [5.41, 5.74) is 6.49. The lowest BCUT2D eigenvalue weighted by Crippen LogP contribution is -2.03. The summed E-state index contributed by atoms with van der Waals surface area (Å²) in [6.07, 6.45) is 10.0. The van der Waals surface area contributed by atoms with E-state index in [0.29, 0.717) is 0 Å². The second-order valence-corrected chi connectivity index (χ2v) is 5.39. The molecule has 18 heavy (non-hydrogen) atoms. The van der Waals surface area contributed by atoms with Crippen LogP contribution in [0.4, 0.5) is 0 Å². The average Bonchev–Trinajstić information content (AvgIpc) is 2.34. The molecule has 0 saturated carbocycles. The molecule has 0 N–H and O–H groups in total. The molecule has 0 spiro atoms. The first kappa shape index (κ1) is 15.3. The Hall–Kier alpha value is -0.780. The van der Waals surface area contributed by atoms with Crippen LogP contribution in [0.25, 0.3) is 0 Å². The van der Waals surface area contributed by atoms with E-state index in [-0.39, 0.29) is 0 Å². The fourth-order valence-corrected chi connectivity index (χ4v) is 2.86. The van der Waals surface area contributed by atoms with E-state index >= 15 is 0 Å². The molecule has 0 heteroatoms. The van der Waals surface area contributed by atoms with Gasteiger partial charge in [-0.2, -0.15) is 0 Å². The molecule has 0 nitrogen and oxygen atoms in total. The molecule has 102 valence electrons. The molecule has 1 aromatic carbocycles. The van der Waals surface area contributed by atoms with Gasteiger partial charge < -0.3 is 0 Å². The van der Waals surface area contributed by atoms with Crippen LogP contribution >= 0.6 is 0 Å². The molecule has 1 aromatic rings. The molecule has 0 unspecified atom stereocenters. The molecule has 0 bridgehead atoms. The van der Waals surface area contributed by atoms with Crippen molar-refractivity contribution in [1.82, 2.24) is 0 Å². The Morgan fingerprint density at radius 3 is 1.44 bits per heavy atom. The molecule has 0 fully saturated rings. The van der Waals surface area contributed by atoms with Crippen LogP contribution in [0.1, 0.15) is 75.6 Å². The van der Waals surface area contributed by atoms with Crippen molar-refractivity contribution < 1.29 is 0 Å². The summed E-state index contributed by atoms with van der Waals surface area (Å²) in [4.78, 5) is 0. The maximum absolute atomic E-state index is 2.48. The zero-order chi connectivity index (χ0) is 13.4. The highest BCUT2D eigenvalue weighted by Crippen LogP contribution is 2.23. The van der Waals surface area contributed by atoms with E-state index in [0.717, 1.165) is 0 Å².